The summed E-state index contributed by atoms with van der Waals surface area (Å²) in [5.74, 6) is 0.609. The highest BCUT2D eigenvalue weighted by Crippen LogP contribution is 2.30. The number of hydrogen-bond acceptors (Lipinski definition) is 3. The third kappa shape index (κ3) is 3.07. The number of nitrogens with one attached hydrogen (secondary N) is 1. The van der Waals surface area contributed by atoms with Crippen molar-refractivity contribution in [2.24, 2.45) is 17.6 Å². The van der Waals surface area contributed by atoms with Gasteiger partial charge in [0.25, 0.3) is 0 Å². The van der Waals surface area contributed by atoms with Gasteiger partial charge in [-0.3, -0.25) is 9.78 Å². The summed E-state index contributed by atoms with van der Waals surface area (Å²) < 4.78 is 0. The predicted octanol–water partition coefficient (Wildman–Crippen LogP) is 1.38. The van der Waals surface area contributed by atoms with Crippen molar-refractivity contribution in [1.82, 2.24) is 10.3 Å². The number of hydrogen-bond donors (Lipinski definition) is 2. The quantitative estimate of drug-likeness (QED) is 0.844. The monoisotopic (exact) mass is 247 g/mol. The number of pyridine rings is 1. The maximum absolute atomic E-state index is 12.1. The summed E-state index contributed by atoms with van der Waals surface area (Å²) in [5, 5.41) is 2.99. The normalized spacial score (nSPS) is 23.0. The lowest BCUT2D eigenvalue weighted by atomic mass is 9.95. The smallest absolute Gasteiger partial charge is 0.223 e. The minimum atomic E-state index is 0.105. The summed E-state index contributed by atoms with van der Waals surface area (Å²) >= 11 is 0. The average molecular weight is 247 g/mol. The predicted molar refractivity (Wildman–Crippen MR) is 70.7 cm³/mol. The average Bonchev–Trinajstić information content (AvgIpc) is 2.86. The molecule has 0 bridgehead atoms. The fourth-order valence-electron chi connectivity index (χ4n) is 2.59. The molecule has 0 radical (unpaired) electrons. The van der Waals surface area contributed by atoms with Crippen LogP contribution in [0.4, 0.5) is 0 Å². The zero-order chi connectivity index (χ0) is 13.0. The van der Waals surface area contributed by atoms with Crippen LogP contribution in [0.1, 0.15) is 30.5 Å². The molecule has 0 spiro atoms. The first-order chi connectivity index (χ1) is 8.70. The number of carbonyl (C=O) groups is 1. The van der Waals surface area contributed by atoms with E-state index in [1.807, 2.05) is 25.3 Å². The molecule has 1 fully saturated rings. The summed E-state index contributed by atoms with van der Waals surface area (Å²) in [6, 6.07) is 3.96. The molecule has 1 amide bonds. The van der Waals surface area contributed by atoms with Crippen LogP contribution in [0.25, 0.3) is 0 Å². The highest BCUT2D eigenvalue weighted by atomic mass is 16.1. The minimum absolute atomic E-state index is 0.105. The van der Waals surface area contributed by atoms with Crippen LogP contribution in [-0.4, -0.2) is 17.4 Å². The van der Waals surface area contributed by atoms with Crippen LogP contribution < -0.4 is 11.1 Å². The van der Waals surface area contributed by atoms with E-state index in [9.17, 15) is 4.79 Å². The molecule has 2 atom stereocenters. The van der Waals surface area contributed by atoms with Gasteiger partial charge in [0.2, 0.25) is 5.91 Å². The summed E-state index contributed by atoms with van der Waals surface area (Å²) in [6.45, 7) is 3.12. The van der Waals surface area contributed by atoms with Crippen molar-refractivity contribution < 1.29 is 4.79 Å². The van der Waals surface area contributed by atoms with Crippen LogP contribution >= 0.6 is 0 Å². The van der Waals surface area contributed by atoms with Crippen molar-refractivity contribution in [2.75, 3.05) is 6.54 Å². The van der Waals surface area contributed by atoms with Gasteiger partial charge in [-0.1, -0.05) is 12.5 Å². The van der Waals surface area contributed by atoms with Crippen LogP contribution in [0, 0.1) is 18.8 Å². The molecule has 0 saturated heterocycles. The van der Waals surface area contributed by atoms with Gasteiger partial charge in [-0.15, -0.1) is 0 Å². The largest absolute Gasteiger partial charge is 0.352 e. The van der Waals surface area contributed by atoms with Crippen LogP contribution in [0.5, 0.6) is 0 Å². The Labute approximate surface area is 108 Å². The summed E-state index contributed by atoms with van der Waals surface area (Å²) in [4.78, 5) is 16.3. The SMILES string of the molecule is Cc1ccc(CNC(=O)C2CCCC2CN)cn1. The van der Waals surface area contributed by atoms with Crippen LogP contribution in [0.15, 0.2) is 18.3 Å². The molecule has 0 aromatic carbocycles. The van der Waals surface area contributed by atoms with E-state index in [-0.39, 0.29) is 11.8 Å². The first-order valence-electron chi connectivity index (χ1n) is 6.60. The molecule has 1 heterocycles. The standard InChI is InChI=1S/C14H21N3O/c1-10-5-6-11(8-16-10)9-17-14(18)13-4-2-3-12(13)7-15/h5-6,8,12-13H,2-4,7,9,15H2,1H3,(H,17,18). The van der Waals surface area contributed by atoms with E-state index in [1.165, 1.54) is 0 Å². The lowest BCUT2D eigenvalue weighted by Gasteiger charge is -2.17. The lowest BCUT2D eigenvalue weighted by Crippen LogP contribution is -2.34. The third-order valence-electron chi connectivity index (χ3n) is 3.74. The topological polar surface area (TPSA) is 68.0 Å². The second-order valence-corrected chi connectivity index (χ2v) is 5.06. The van der Waals surface area contributed by atoms with Crippen LogP contribution in [-0.2, 0) is 11.3 Å². The fraction of sp³-hybridized carbons (Fsp3) is 0.571. The highest BCUT2D eigenvalue weighted by Gasteiger charge is 2.31. The molecular weight excluding hydrogens is 226 g/mol. The van der Waals surface area contributed by atoms with Gasteiger partial charge in [-0.2, -0.15) is 0 Å². The number of amides is 1. The van der Waals surface area contributed by atoms with Crippen molar-refractivity contribution in [2.45, 2.75) is 32.7 Å². The molecule has 98 valence electrons. The summed E-state index contributed by atoms with van der Waals surface area (Å²) in [6.07, 6.45) is 4.98. The Kier molecular flexibility index (Phi) is 4.31. The van der Waals surface area contributed by atoms with E-state index >= 15 is 0 Å². The van der Waals surface area contributed by atoms with Gasteiger partial charge in [0.05, 0.1) is 0 Å². The van der Waals surface area contributed by atoms with Gasteiger partial charge in [0.15, 0.2) is 0 Å². The molecule has 2 unspecified atom stereocenters. The Hall–Kier alpha value is -1.42. The molecular formula is C14H21N3O. The summed E-state index contributed by atoms with van der Waals surface area (Å²) in [5.41, 5.74) is 7.72. The molecule has 3 N–H and O–H groups in total. The molecule has 4 heteroatoms. The van der Waals surface area contributed by atoms with E-state index in [4.69, 9.17) is 5.73 Å². The van der Waals surface area contributed by atoms with Gasteiger partial charge in [-0.25, -0.2) is 0 Å². The Bertz CT molecular complexity index is 402. The van der Waals surface area contributed by atoms with E-state index in [0.717, 1.165) is 30.5 Å². The fourth-order valence-corrected chi connectivity index (χ4v) is 2.59. The van der Waals surface area contributed by atoms with Crippen LogP contribution in [0.3, 0.4) is 0 Å². The Morgan fingerprint density at radius 2 is 2.33 bits per heavy atom. The molecule has 1 aromatic rings. The Morgan fingerprint density at radius 3 is 3.00 bits per heavy atom. The maximum Gasteiger partial charge on any atom is 0.223 e. The summed E-state index contributed by atoms with van der Waals surface area (Å²) in [7, 11) is 0. The van der Waals surface area contributed by atoms with Gasteiger partial charge in [-0.05, 0) is 43.9 Å². The Morgan fingerprint density at radius 1 is 1.50 bits per heavy atom. The minimum Gasteiger partial charge on any atom is -0.352 e. The first-order valence-corrected chi connectivity index (χ1v) is 6.60. The van der Waals surface area contributed by atoms with E-state index < -0.39 is 0 Å². The van der Waals surface area contributed by atoms with Crippen molar-refractivity contribution in [3.63, 3.8) is 0 Å². The number of nitrogens with two attached hydrogens (primary N) is 1. The van der Waals surface area contributed by atoms with E-state index in [1.54, 1.807) is 0 Å². The van der Waals surface area contributed by atoms with E-state index in [2.05, 4.69) is 10.3 Å². The maximum atomic E-state index is 12.1. The van der Waals surface area contributed by atoms with Gasteiger partial charge >= 0.3 is 0 Å². The molecule has 4 nitrogen and oxygen atoms in total. The van der Waals surface area contributed by atoms with Crippen molar-refractivity contribution in [3.8, 4) is 0 Å². The number of aromatic nitrogens is 1. The Balaban J connectivity index is 1.86. The second-order valence-electron chi connectivity index (χ2n) is 5.06. The van der Waals surface area contributed by atoms with Gasteiger partial charge in [0, 0.05) is 24.4 Å². The molecule has 1 aliphatic rings. The van der Waals surface area contributed by atoms with Crippen molar-refractivity contribution >= 4 is 5.91 Å². The zero-order valence-electron chi connectivity index (χ0n) is 10.9. The molecule has 18 heavy (non-hydrogen) atoms. The lowest BCUT2D eigenvalue weighted by molar-refractivity contribution is -0.126. The molecule has 1 saturated carbocycles. The number of rotatable bonds is 4. The zero-order valence-corrected chi connectivity index (χ0v) is 10.9. The molecule has 0 aliphatic heterocycles. The second kappa shape index (κ2) is 5.96. The third-order valence-corrected chi connectivity index (χ3v) is 3.74. The van der Waals surface area contributed by atoms with Crippen molar-refractivity contribution in [1.29, 1.82) is 0 Å². The van der Waals surface area contributed by atoms with Crippen LogP contribution in [0.2, 0.25) is 0 Å². The van der Waals surface area contributed by atoms with E-state index in [0.29, 0.717) is 19.0 Å². The molecule has 1 aromatic heterocycles. The molecule has 1 aliphatic carbocycles. The van der Waals surface area contributed by atoms with Gasteiger partial charge in [0.1, 0.15) is 0 Å². The van der Waals surface area contributed by atoms with Gasteiger partial charge < -0.3 is 11.1 Å². The van der Waals surface area contributed by atoms with Crippen molar-refractivity contribution in [3.05, 3.63) is 29.6 Å². The number of nitrogens with zero attached hydrogens (tertiary/aromatic N) is 1. The number of carbonyl (C=O) groups excluding carboxylic acids is 1. The number of aryl methyl sites for hydroxylation is 1. The first kappa shape index (κ1) is 13.0. The highest BCUT2D eigenvalue weighted by molar-refractivity contribution is 5.79. The molecule has 2 rings (SSSR count).